The predicted molar refractivity (Wildman–Crippen MR) is 140 cm³/mol. The Morgan fingerprint density at radius 3 is 2.41 bits per heavy atom. The van der Waals surface area contributed by atoms with Gasteiger partial charge in [-0.25, -0.2) is 0 Å². The average molecular weight is 464 g/mol. The summed E-state index contributed by atoms with van der Waals surface area (Å²) in [5.74, 6) is 0.763. The van der Waals surface area contributed by atoms with Crippen LogP contribution in [-0.4, -0.2) is 55.5 Å². The number of fused-ring (bicyclic) bond motifs is 1. The van der Waals surface area contributed by atoms with Crippen LogP contribution in [0.2, 0.25) is 0 Å². The fourth-order valence-corrected chi connectivity index (χ4v) is 5.59. The molecule has 1 aromatic heterocycles. The second-order valence-electron chi connectivity index (χ2n) is 10.4. The minimum Gasteiger partial charge on any atom is -0.396 e. The lowest BCUT2D eigenvalue weighted by Crippen LogP contribution is -2.47. The number of piperidine rings is 1. The number of benzene rings is 2. The van der Waals surface area contributed by atoms with Crippen LogP contribution in [0.1, 0.15) is 49.8 Å². The zero-order valence-electron chi connectivity index (χ0n) is 21.1. The van der Waals surface area contributed by atoms with Gasteiger partial charge in [-0.2, -0.15) is 0 Å². The summed E-state index contributed by atoms with van der Waals surface area (Å²) in [4.78, 5) is 2.59. The number of aromatic nitrogens is 1. The van der Waals surface area contributed by atoms with Crippen molar-refractivity contribution in [1.29, 1.82) is 0 Å². The molecule has 0 unspecified atom stereocenters. The van der Waals surface area contributed by atoms with Crippen molar-refractivity contribution in [3.05, 3.63) is 53.7 Å². The van der Waals surface area contributed by atoms with Crippen molar-refractivity contribution in [3.63, 3.8) is 0 Å². The highest BCUT2D eigenvalue weighted by atomic mass is 16.5. The van der Waals surface area contributed by atoms with E-state index in [-0.39, 0.29) is 5.41 Å². The molecule has 5 nitrogen and oxygen atoms in total. The standard InChI is InChI=1S/C27H34N2O2.C2H7N/c1-20-23(22-6-3-2-4-7-22)9-10-24-25(28-31-26(20)24)11-8-21-12-16-29(17-13-21)18-27(19-30)14-5-15-27;1-3-2/h2-4,6-7,9-10,21,30H,5,8,11-19H2,1H3;3H,1-2H3. The SMILES string of the molecule is CNC.Cc1c(-c2ccccc2)ccc2c(CCC3CCN(CC4(CO)CCC4)CC3)noc12. The number of hydrogen-bond donors (Lipinski definition) is 2. The Balaban J connectivity index is 0.000000868. The number of nitrogens with zero attached hydrogens (tertiary/aromatic N) is 2. The molecule has 2 heterocycles. The fraction of sp³-hybridized carbons (Fsp3) is 0.552. The van der Waals surface area contributed by atoms with Crippen LogP contribution in [0.3, 0.4) is 0 Å². The molecule has 0 atom stereocenters. The number of aliphatic hydroxyl groups excluding tert-OH is 1. The monoisotopic (exact) mass is 463 g/mol. The molecule has 34 heavy (non-hydrogen) atoms. The molecule has 0 amide bonds. The molecule has 1 aliphatic heterocycles. The average Bonchev–Trinajstić information content (AvgIpc) is 3.26. The summed E-state index contributed by atoms with van der Waals surface area (Å²) in [5.41, 5.74) is 5.86. The Morgan fingerprint density at radius 1 is 1.09 bits per heavy atom. The number of aliphatic hydroxyl groups is 1. The molecule has 2 N–H and O–H groups in total. The van der Waals surface area contributed by atoms with Gasteiger partial charge in [-0.05, 0) is 95.7 Å². The van der Waals surface area contributed by atoms with Crippen molar-refractivity contribution in [2.24, 2.45) is 11.3 Å². The van der Waals surface area contributed by atoms with Gasteiger partial charge in [-0.15, -0.1) is 0 Å². The van der Waals surface area contributed by atoms with E-state index in [1.54, 1.807) is 0 Å². The zero-order chi connectivity index (χ0) is 24.0. The molecule has 5 heteroatoms. The van der Waals surface area contributed by atoms with Gasteiger partial charge in [-0.1, -0.05) is 48.0 Å². The molecule has 0 spiro atoms. The van der Waals surface area contributed by atoms with Crippen molar-refractivity contribution in [1.82, 2.24) is 15.4 Å². The summed E-state index contributed by atoms with van der Waals surface area (Å²) in [6.07, 6.45) is 8.38. The maximum atomic E-state index is 9.75. The largest absolute Gasteiger partial charge is 0.396 e. The summed E-state index contributed by atoms with van der Waals surface area (Å²) in [5, 5.41) is 18.1. The van der Waals surface area contributed by atoms with Crippen molar-refractivity contribution in [3.8, 4) is 11.1 Å². The molecule has 5 rings (SSSR count). The van der Waals surface area contributed by atoms with Crippen molar-refractivity contribution < 1.29 is 9.63 Å². The lowest BCUT2D eigenvalue weighted by atomic mass is 9.69. The third kappa shape index (κ3) is 5.54. The van der Waals surface area contributed by atoms with Crippen LogP contribution in [0.15, 0.2) is 47.0 Å². The first-order chi connectivity index (χ1) is 16.6. The second-order valence-corrected chi connectivity index (χ2v) is 10.4. The van der Waals surface area contributed by atoms with E-state index in [9.17, 15) is 5.11 Å². The lowest BCUT2D eigenvalue weighted by molar-refractivity contribution is -0.00152. The van der Waals surface area contributed by atoms with Gasteiger partial charge in [-0.3, -0.25) is 0 Å². The summed E-state index contributed by atoms with van der Waals surface area (Å²) in [7, 11) is 3.75. The number of likely N-dealkylation sites (tertiary alicyclic amines) is 1. The van der Waals surface area contributed by atoms with Crippen LogP contribution >= 0.6 is 0 Å². The van der Waals surface area contributed by atoms with Gasteiger partial charge in [0.15, 0.2) is 5.58 Å². The second kappa shape index (κ2) is 11.5. The third-order valence-electron chi connectivity index (χ3n) is 7.85. The molecule has 184 valence electrons. The smallest absolute Gasteiger partial charge is 0.170 e. The summed E-state index contributed by atoms with van der Waals surface area (Å²) in [6, 6.07) is 14.9. The Bertz CT molecular complexity index is 1030. The molecule has 0 bridgehead atoms. The molecule has 1 saturated heterocycles. The molecule has 3 aromatic rings. The molecule has 0 radical (unpaired) electrons. The van der Waals surface area contributed by atoms with Crippen molar-refractivity contribution in [2.45, 2.75) is 51.9 Å². The lowest BCUT2D eigenvalue weighted by Gasteiger charge is -2.45. The summed E-state index contributed by atoms with van der Waals surface area (Å²) < 4.78 is 5.80. The Hall–Kier alpha value is -2.21. The van der Waals surface area contributed by atoms with Crippen molar-refractivity contribution >= 4 is 11.0 Å². The first-order valence-electron chi connectivity index (χ1n) is 12.9. The zero-order valence-corrected chi connectivity index (χ0v) is 21.1. The van der Waals surface area contributed by atoms with Crippen LogP contribution in [0, 0.1) is 18.3 Å². The molecule has 2 aliphatic rings. The first-order valence-corrected chi connectivity index (χ1v) is 12.9. The molecular formula is C29H41N3O2. The molecule has 1 saturated carbocycles. The van der Waals surface area contributed by atoms with Crippen LogP contribution in [0.5, 0.6) is 0 Å². The van der Waals surface area contributed by atoms with Crippen LogP contribution in [0.4, 0.5) is 0 Å². The number of hydrogen-bond acceptors (Lipinski definition) is 5. The van der Waals surface area contributed by atoms with E-state index in [4.69, 9.17) is 4.52 Å². The number of rotatable bonds is 7. The number of aryl methyl sites for hydroxylation is 2. The minimum atomic E-state index is 0.211. The topological polar surface area (TPSA) is 61.5 Å². The maximum Gasteiger partial charge on any atom is 0.170 e. The van der Waals surface area contributed by atoms with Gasteiger partial charge in [0.25, 0.3) is 0 Å². The Labute approximate surface area is 204 Å². The first kappa shape index (κ1) is 24.9. The van der Waals surface area contributed by atoms with E-state index >= 15 is 0 Å². The van der Waals surface area contributed by atoms with Gasteiger partial charge >= 0.3 is 0 Å². The van der Waals surface area contributed by atoms with E-state index in [0.29, 0.717) is 6.61 Å². The fourth-order valence-electron chi connectivity index (χ4n) is 5.59. The van der Waals surface area contributed by atoms with E-state index in [2.05, 4.69) is 58.7 Å². The normalized spacial score (nSPS) is 18.4. The predicted octanol–water partition coefficient (Wildman–Crippen LogP) is 5.45. The van der Waals surface area contributed by atoms with Gasteiger partial charge in [0.2, 0.25) is 0 Å². The Morgan fingerprint density at radius 2 is 1.79 bits per heavy atom. The summed E-state index contributed by atoms with van der Waals surface area (Å²) in [6.45, 7) is 5.93. The molecule has 1 aliphatic carbocycles. The third-order valence-corrected chi connectivity index (χ3v) is 7.85. The van der Waals surface area contributed by atoms with E-state index in [1.165, 1.54) is 73.7 Å². The minimum absolute atomic E-state index is 0.211. The molecule has 2 fully saturated rings. The highest BCUT2D eigenvalue weighted by Gasteiger charge is 2.38. The Kier molecular flexibility index (Phi) is 8.41. The number of nitrogens with one attached hydrogen (secondary N) is 1. The highest BCUT2D eigenvalue weighted by Crippen LogP contribution is 2.41. The van der Waals surface area contributed by atoms with E-state index < -0.39 is 0 Å². The van der Waals surface area contributed by atoms with Crippen LogP contribution in [0.25, 0.3) is 22.1 Å². The van der Waals surface area contributed by atoms with Crippen molar-refractivity contribution in [2.75, 3.05) is 40.3 Å². The van der Waals surface area contributed by atoms with Crippen LogP contribution < -0.4 is 5.32 Å². The van der Waals surface area contributed by atoms with E-state index in [0.717, 1.165) is 30.2 Å². The van der Waals surface area contributed by atoms with Gasteiger partial charge in [0, 0.05) is 29.5 Å². The van der Waals surface area contributed by atoms with E-state index in [1.807, 2.05) is 20.2 Å². The maximum absolute atomic E-state index is 9.75. The van der Waals surface area contributed by atoms with Gasteiger partial charge in [0.1, 0.15) is 0 Å². The van der Waals surface area contributed by atoms with Crippen LogP contribution in [-0.2, 0) is 6.42 Å². The molecular weight excluding hydrogens is 422 g/mol. The quantitative estimate of drug-likeness (QED) is 0.488. The van der Waals surface area contributed by atoms with Gasteiger partial charge < -0.3 is 19.8 Å². The summed E-state index contributed by atoms with van der Waals surface area (Å²) >= 11 is 0. The van der Waals surface area contributed by atoms with Gasteiger partial charge in [0.05, 0.1) is 5.69 Å². The highest BCUT2D eigenvalue weighted by molar-refractivity contribution is 5.88. The molecule has 2 aromatic carbocycles.